The number of nitrogens with two attached hydrogens (primary N) is 1. The van der Waals surface area contributed by atoms with E-state index < -0.39 is 29.8 Å². The van der Waals surface area contributed by atoms with Crippen LogP contribution in [-0.4, -0.2) is 21.4 Å². The number of halogens is 3. The van der Waals surface area contributed by atoms with Crippen LogP contribution in [0.25, 0.3) is 0 Å². The number of imidazole rings is 1. The molecule has 0 radical (unpaired) electrons. The van der Waals surface area contributed by atoms with E-state index in [0.29, 0.717) is 11.3 Å². The Morgan fingerprint density at radius 1 is 1.31 bits per heavy atom. The third kappa shape index (κ3) is 3.56. The van der Waals surface area contributed by atoms with E-state index in [1.807, 2.05) is 0 Å². The van der Waals surface area contributed by atoms with Gasteiger partial charge in [-0.25, -0.2) is 4.98 Å². The van der Waals surface area contributed by atoms with Crippen molar-refractivity contribution in [2.45, 2.75) is 32.2 Å². The van der Waals surface area contributed by atoms with Crippen molar-refractivity contribution >= 4 is 11.9 Å². The minimum absolute atomic E-state index is 0.0435. The lowest BCUT2D eigenvalue weighted by atomic mass is 9.96. The fourth-order valence-corrected chi connectivity index (χ4v) is 3.04. The predicted octanol–water partition coefficient (Wildman–Crippen LogP) is 2.31. The Bertz CT molecular complexity index is 845. The molecule has 1 aromatic carbocycles. The van der Waals surface area contributed by atoms with E-state index >= 15 is 0 Å². The Kier molecular flexibility index (Phi) is 4.71. The van der Waals surface area contributed by atoms with Gasteiger partial charge in [-0.1, -0.05) is 18.2 Å². The lowest BCUT2D eigenvalue weighted by Crippen LogP contribution is -2.29. The molecule has 2 aromatic rings. The Morgan fingerprint density at radius 2 is 2.04 bits per heavy atom. The van der Waals surface area contributed by atoms with E-state index in [9.17, 15) is 22.8 Å². The summed E-state index contributed by atoms with van der Waals surface area (Å²) >= 11 is 0. The van der Waals surface area contributed by atoms with Crippen LogP contribution in [0.5, 0.6) is 0 Å². The van der Waals surface area contributed by atoms with Crippen LogP contribution in [0.1, 0.15) is 33.9 Å². The van der Waals surface area contributed by atoms with Gasteiger partial charge in [0.2, 0.25) is 11.7 Å². The number of hydrogen-bond acceptors (Lipinski definition) is 4. The number of nitrogens with zero attached hydrogens (tertiary/aromatic N) is 2. The first-order valence-electron chi connectivity index (χ1n) is 7.93. The monoisotopic (exact) mass is 367 g/mol. The summed E-state index contributed by atoms with van der Waals surface area (Å²) in [5, 5.41) is 0. The third-order valence-corrected chi connectivity index (χ3v) is 4.33. The maximum atomic E-state index is 12.9. The third-order valence-electron chi connectivity index (χ3n) is 4.33. The minimum atomic E-state index is -4.52. The van der Waals surface area contributed by atoms with Gasteiger partial charge >= 0.3 is 12.1 Å². The molecule has 0 saturated carbocycles. The molecule has 1 aliphatic heterocycles. The number of fused-ring (bicyclic) bond motifs is 1. The quantitative estimate of drug-likeness (QED) is 0.840. The zero-order chi connectivity index (χ0) is 18.9. The second kappa shape index (κ2) is 6.81. The van der Waals surface area contributed by atoms with Gasteiger partial charge in [-0.15, -0.1) is 0 Å². The van der Waals surface area contributed by atoms with E-state index in [4.69, 9.17) is 10.5 Å². The summed E-state index contributed by atoms with van der Waals surface area (Å²) in [5.74, 6) is -2.65. The van der Waals surface area contributed by atoms with Gasteiger partial charge in [0.15, 0.2) is 0 Å². The molecule has 1 aromatic heterocycles. The fourth-order valence-electron chi connectivity index (χ4n) is 3.04. The number of ether oxygens (including phenoxy) is 1. The first-order valence-corrected chi connectivity index (χ1v) is 7.93. The summed E-state index contributed by atoms with van der Waals surface area (Å²) in [6, 6.07) is 6.49. The van der Waals surface area contributed by atoms with Gasteiger partial charge in [-0.05, 0) is 12.5 Å². The van der Waals surface area contributed by atoms with Crippen molar-refractivity contribution < 1.29 is 27.5 Å². The van der Waals surface area contributed by atoms with Gasteiger partial charge in [0.05, 0.1) is 5.92 Å². The molecule has 0 bridgehead atoms. The van der Waals surface area contributed by atoms with Crippen molar-refractivity contribution in [3.05, 3.63) is 53.1 Å². The predicted molar refractivity (Wildman–Crippen MR) is 83.8 cm³/mol. The summed E-state index contributed by atoms with van der Waals surface area (Å²) in [4.78, 5) is 27.1. The normalized spacial score (nSPS) is 16.8. The molecule has 2 N–H and O–H groups in total. The van der Waals surface area contributed by atoms with Crippen LogP contribution in [0.3, 0.4) is 0 Å². The number of primary amides is 1. The first kappa shape index (κ1) is 18.0. The molecule has 3 rings (SSSR count). The van der Waals surface area contributed by atoms with Crippen LogP contribution in [0, 0.1) is 5.92 Å². The summed E-state index contributed by atoms with van der Waals surface area (Å²) in [6.45, 7) is -0.0800. The Hall–Kier alpha value is -2.84. The van der Waals surface area contributed by atoms with Crippen LogP contribution in [0.4, 0.5) is 13.2 Å². The molecular formula is C17H16F3N3O3. The summed E-state index contributed by atoms with van der Waals surface area (Å²) in [6.07, 6.45) is -3.03. The Labute approximate surface area is 146 Å². The summed E-state index contributed by atoms with van der Waals surface area (Å²) < 4.78 is 44.9. The summed E-state index contributed by atoms with van der Waals surface area (Å²) in [7, 11) is 0. The van der Waals surface area contributed by atoms with Crippen LogP contribution in [0.15, 0.2) is 30.5 Å². The van der Waals surface area contributed by atoms with Crippen molar-refractivity contribution in [2.24, 2.45) is 11.7 Å². The highest BCUT2D eigenvalue weighted by atomic mass is 19.4. The van der Waals surface area contributed by atoms with E-state index in [1.165, 1.54) is 6.07 Å². The Morgan fingerprint density at radius 3 is 2.73 bits per heavy atom. The van der Waals surface area contributed by atoms with Crippen LogP contribution in [-0.2, 0) is 35.3 Å². The zero-order valence-electron chi connectivity index (χ0n) is 13.6. The van der Waals surface area contributed by atoms with Crippen LogP contribution in [0.2, 0.25) is 0 Å². The van der Waals surface area contributed by atoms with Crippen LogP contribution < -0.4 is 5.73 Å². The van der Waals surface area contributed by atoms with Gasteiger partial charge in [0.25, 0.3) is 0 Å². The average molecular weight is 367 g/mol. The number of rotatable bonds is 4. The topological polar surface area (TPSA) is 87.2 Å². The van der Waals surface area contributed by atoms with E-state index in [0.717, 1.165) is 10.8 Å². The van der Waals surface area contributed by atoms with Crippen molar-refractivity contribution in [3.63, 3.8) is 0 Å². The SMILES string of the molecule is NC(=O)c1ccccc1COC(=O)[C@H]1CCn2c(cnc2C(F)(F)F)C1. The average Bonchev–Trinajstić information content (AvgIpc) is 3.03. The number of carbonyl (C=O) groups is 2. The van der Waals surface area contributed by atoms with E-state index in [1.54, 1.807) is 18.2 Å². The second-order valence-corrected chi connectivity index (χ2v) is 6.04. The maximum Gasteiger partial charge on any atom is 0.449 e. The van der Waals surface area contributed by atoms with Crippen molar-refractivity contribution in [1.29, 1.82) is 0 Å². The molecule has 26 heavy (non-hydrogen) atoms. The molecule has 1 atom stereocenters. The molecule has 0 unspecified atom stereocenters. The van der Waals surface area contributed by atoms with E-state index in [-0.39, 0.29) is 31.6 Å². The van der Waals surface area contributed by atoms with Gasteiger partial charge in [0.1, 0.15) is 6.61 Å². The van der Waals surface area contributed by atoms with Crippen molar-refractivity contribution in [2.75, 3.05) is 0 Å². The molecule has 0 spiro atoms. The number of carbonyl (C=O) groups excluding carboxylic acids is 2. The van der Waals surface area contributed by atoms with Gasteiger partial charge in [-0.2, -0.15) is 13.2 Å². The number of alkyl halides is 3. The van der Waals surface area contributed by atoms with Gasteiger partial charge in [-0.3, -0.25) is 9.59 Å². The molecule has 138 valence electrons. The van der Waals surface area contributed by atoms with Gasteiger partial charge < -0.3 is 15.0 Å². The second-order valence-electron chi connectivity index (χ2n) is 6.04. The molecule has 2 heterocycles. The molecule has 6 nitrogen and oxygen atoms in total. The largest absolute Gasteiger partial charge is 0.461 e. The molecule has 0 saturated heterocycles. The number of aromatic nitrogens is 2. The first-order chi connectivity index (χ1) is 12.3. The molecule has 1 aliphatic rings. The Balaban J connectivity index is 1.66. The molecule has 1 amide bonds. The van der Waals surface area contributed by atoms with E-state index in [2.05, 4.69) is 4.98 Å². The summed E-state index contributed by atoms with van der Waals surface area (Å²) in [5.41, 5.74) is 6.36. The molecule has 0 fully saturated rings. The highest BCUT2D eigenvalue weighted by Gasteiger charge is 2.39. The smallest absolute Gasteiger partial charge is 0.449 e. The molecule has 0 aliphatic carbocycles. The van der Waals surface area contributed by atoms with Crippen molar-refractivity contribution in [1.82, 2.24) is 9.55 Å². The number of esters is 1. The standard InChI is InChI=1S/C17H16F3N3O3/c18-17(19,20)16-22-8-12-7-10(5-6-23(12)16)15(25)26-9-11-3-1-2-4-13(11)14(21)24/h1-4,8,10H,5-7,9H2,(H2,21,24)/t10-/m0/s1. The fraction of sp³-hybridized carbons (Fsp3) is 0.353. The highest BCUT2D eigenvalue weighted by Crippen LogP contribution is 2.32. The van der Waals surface area contributed by atoms with Gasteiger partial charge in [0, 0.05) is 36.0 Å². The highest BCUT2D eigenvalue weighted by molar-refractivity contribution is 5.94. The lowest BCUT2D eigenvalue weighted by Gasteiger charge is -2.24. The minimum Gasteiger partial charge on any atom is -0.461 e. The lowest BCUT2D eigenvalue weighted by molar-refractivity contribution is -0.151. The zero-order valence-corrected chi connectivity index (χ0v) is 13.6. The van der Waals surface area contributed by atoms with Crippen molar-refractivity contribution in [3.8, 4) is 0 Å². The number of benzene rings is 1. The maximum absolute atomic E-state index is 12.9. The number of amides is 1. The molecule has 9 heteroatoms. The molecular weight excluding hydrogens is 351 g/mol. The van der Waals surface area contributed by atoms with Crippen LogP contribution >= 0.6 is 0 Å². The number of hydrogen-bond donors (Lipinski definition) is 1.